The van der Waals surface area contributed by atoms with Gasteiger partial charge in [-0.1, -0.05) is 30.3 Å². The van der Waals surface area contributed by atoms with Crippen molar-refractivity contribution in [1.82, 2.24) is 15.3 Å². The number of ether oxygens (including phenoxy) is 1. The van der Waals surface area contributed by atoms with E-state index in [1.54, 1.807) is 26.8 Å². The molecule has 4 rings (SSSR count). The molecule has 0 aliphatic carbocycles. The molecule has 14 heteroatoms. The number of benzene rings is 2. The molecule has 2 amide bonds. The summed E-state index contributed by atoms with van der Waals surface area (Å²) in [5, 5.41) is 26.1. The molecule has 1 unspecified atom stereocenters. The Balaban J connectivity index is 1.82. The van der Waals surface area contributed by atoms with Crippen LogP contribution in [0.15, 0.2) is 70.1 Å². The van der Waals surface area contributed by atoms with Gasteiger partial charge in [0.15, 0.2) is 0 Å². The van der Waals surface area contributed by atoms with Crippen LogP contribution in [0.25, 0.3) is 0 Å². The third-order valence-corrected chi connectivity index (χ3v) is 7.93. The van der Waals surface area contributed by atoms with Crippen molar-refractivity contribution >= 4 is 33.5 Å². The van der Waals surface area contributed by atoms with Crippen molar-refractivity contribution in [3.63, 3.8) is 0 Å². The van der Waals surface area contributed by atoms with Gasteiger partial charge in [0.25, 0.3) is 11.6 Å². The molecule has 2 aliphatic heterocycles. The minimum absolute atomic E-state index is 0.0297. The maximum atomic E-state index is 13.7. The van der Waals surface area contributed by atoms with Gasteiger partial charge >= 0.3 is 12.1 Å². The lowest BCUT2D eigenvalue weighted by Crippen LogP contribution is -2.45. The summed E-state index contributed by atoms with van der Waals surface area (Å²) in [6, 6.07) is 10.8. The number of carboxylic acids is 1. The fourth-order valence-corrected chi connectivity index (χ4v) is 6.04. The number of aliphatic carboxylic acids is 1. The highest BCUT2D eigenvalue weighted by Gasteiger charge is 2.52. The molecule has 0 spiro atoms. The summed E-state index contributed by atoms with van der Waals surface area (Å²) in [6.07, 6.45) is -0.865. The topological polar surface area (TPSA) is 176 Å². The summed E-state index contributed by atoms with van der Waals surface area (Å²) >= 11 is 0. The number of hydrazine groups is 1. The molecule has 2 heterocycles. The van der Waals surface area contributed by atoms with E-state index >= 15 is 0 Å². The van der Waals surface area contributed by atoms with Crippen LogP contribution in [0, 0.1) is 10.1 Å². The maximum Gasteiger partial charge on any atom is 0.408 e. The van der Waals surface area contributed by atoms with Gasteiger partial charge in [-0.3, -0.25) is 19.7 Å². The Hall–Kier alpha value is -4.30. The number of rotatable bonds is 7. The average Bonchev–Trinajstić information content (AvgIpc) is 3.36. The molecule has 2 aromatic rings. The molecule has 206 valence electrons. The first-order chi connectivity index (χ1) is 18.2. The lowest BCUT2D eigenvalue weighted by atomic mass is 9.94. The summed E-state index contributed by atoms with van der Waals surface area (Å²) in [7, 11) is -4.27. The first-order valence-corrected chi connectivity index (χ1v) is 13.3. The normalized spacial score (nSPS) is 18.6. The second-order valence-electron chi connectivity index (χ2n) is 9.94. The minimum Gasteiger partial charge on any atom is -0.480 e. The van der Waals surface area contributed by atoms with E-state index in [9.17, 15) is 38.0 Å². The van der Waals surface area contributed by atoms with E-state index in [-0.39, 0.29) is 39.8 Å². The summed E-state index contributed by atoms with van der Waals surface area (Å²) < 4.78 is 32.6. The smallest absolute Gasteiger partial charge is 0.408 e. The Labute approximate surface area is 223 Å². The number of sulfone groups is 1. The van der Waals surface area contributed by atoms with E-state index in [0.29, 0.717) is 0 Å². The molecular weight excluding hydrogens is 532 g/mol. The third kappa shape index (κ3) is 5.47. The van der Waals surface area contributed by atoms with E-state index in [2.05, 4.69) is 5.32 Å². The first kappa shape index (κ1) is 27.7. The number of nitrogens with one attached hydrogen (secondary N) is 1. The van der Waals surface area contributed by atoms with Gasteiger partial charge in [-0.2, -0.15) is 0 Å². The zero-order valence-electron chi connectivity index (χ0n) is 21.2. The van der Waals surface area contributed by atoms with Crippen LogP contribution in [0.5, 0.6) is 0 Å². The Kier molecular flexibility index (Phi) is 7.19. The molecule has 0 radical (unpaired) electrons. The van der Waals surface area contributed by atoms with Gasteiger partial charge in [0, 0.05) is 18.7 Å². The largest absolute Gasteiger partial charge is 0.480 e. The summed E-state index contributed by atoms with van der Waals surface area (Å²) in [5.41, 5.74) is -1.42. The fourth-order valence-electron chi connectivity index (χ4n) is 4.44. The van der Waals surface area contributed by atoms with Crippen molar-refractivity contribution in [2.24, 2.45) is 0 Å². The van der Waals surface area contributed by atoms with Crippen molar-refractivity contribution < 1.29 is 37.6 Å². The number of non-ortho nitro benzene ring substituents is 1. The van der Waals surface area contributed by atoms with Gasteiger partial charge in [-0.15, -0.1) is 0 Å². The highest BCUT2D eigenvalue weighted by molar-refractivity contribution is 7.95. The number of alkyl carbamates (subject to hydrolysis) is 1. The number of hydrogen-bond donors (Lipinski definition) is 2. The number of amides is 2. The Morgan fingerprint density at radius 2 is 1.74 bits per heavy atom. The number of nitro groups is 1. The van der Waals surface area contributed by atoms with Crippen molar-refractivity contribution in [2.75, 3.05) is 13.1 Å². The average molecular weight is 559 g/mol. The predicted molar refractivity (Wildman–Crippen MR) is 136 cm³/mol. The molecule has 2 N–H and O–H groups in total. The number of carboxylic acid groups (broad SMARTS) is 1. The molecule has 13 nitrogen and oxygen atoms in total. The molecule has 2 atom stereocenters. The Morgan fingerprint density at radius 1 is 1.13 bits per heavy atom. The van der Waals surface area contributed by atoms with E-state index in [1.807, 2.05) is 0 Å². The fraction of sp³-hybridized carbons (Fsp3) is 0.320. The van der Waals surface area contributed by atoms with Crippen molar-refractivity contribution in [2.45, 2.75) is 43.2 Å². The molecule has 39 heavy (non-hydrogen) atoms. The molecule has 0 bridgehead atoms. The Morgan fingerprint density at radius 3 is 2.28 bits per heavy atom. The van der Waals surface area contributed by atoms with Crippen molar-refractivity contribution in [3.8, 4) is 0 Å². The molecule has 0 saturated carbocycles. The van der Waals surface area contributed by atoms with Gasteiger partial charge < -0.3 is 15.2 Å². The van der Waals surface area contributed by atoms with Gasteiger partial charge in [0.1, 0.15) is 17.6 Å². The SMILES string of the molecule is CC(C)(C)OC(=O)N[C@H]1CN2CC(S(=O)(=O)c3ccccc3)=C(C(C(=O)O)c3ccc([N+](=O)[O-])cc3)N2C1=O. The quantitative estimate of drug-likeness (QED) is 0.379. The third-order valence-electron chi connectivity index (χ3n) is 6.05. The van der Waals surface area contributed by atoms with E-state index in [0.717, 1.165) is 17.1 Å². The monoisotopic (exact) mass is 558 g/mol. The zero-order chi connectivity index (χ0) is 28.7. The second-order valence-corrected chi connectivity index (χ2v) is 11.9. The highest BCUT2D eigenvalue weighted by atomic mass is 32.2. The number of carbonyl (C=O) groups excluding carboxylic acids is 2. The molecule has 2 aliphatic rings. The second kappa shape index (κ2) is 10.1. The lowest BCUT2D eigenvalue weighted by molar-refractivity contribution is -0.384. The summed E-state index contributed by atoms with van der Waals surface area (Å²) in [5.74, 6) is -3.89. The van der Waals surface area contributed by atoms with Crippen LogP contribution in [-0.4, -0.2) is 71.2 Å². The highest BCUT2D eigenvalue weighted by Crippen LogP contribution is 2.42. The van der Waals surface area contributed by atoms with Gasteiger partial charge in [0.2, 0.25) is 9.84 Å². The minimum atomic E-state index is -4.27. The van der Waals surface area contributed by atoms with Gasteiger partial charge in [0.05, 0.1) is 27.0 Å². The van der Waals surface area contributed by atoms with Crippen LogP contribution in [-0.2, 0) is 24.2 Å². The lowest BCUT2D eigenvalue weighted by Gasteiger charge is -2.26. The molecule has 1 saturated heterocycles. The van der Waals surface area contributed by atoms with Crippen molar-refractivity contribution in [3.05, 3.63) is 80.9 Å². The van der Waals surface area contributed by atoms with Gasteiger partial charge in [-0.05, 0) is 38.5 Å². The summed E-state index contributed by atoms with van der Waals surface area (Å²) in [6.45, 7) is 4.47. The van der Waals surface area contributed by atoms with Crippen LogP contribution in [0.2, 0.25) is 0 Å². The Bertz CT molecular complexity index is 1470. The maximum absolute atomic E-state index is 13.7. The van der Waals surface area contributed by atoms with E-state index < -0.39 is 50.3 Å². The molecule has 2 aromatic carbocycles. The van der Waals surface area contributed by atoms with Crippen LogP contribution in [0.3, 0.4) is 0 Å². The standard InChI is InChI=1S/C25H26N4O9S/c1-25(2,3)38-24(33)26-18-13-27-14-19(39(36,37)17-7-5-4-6-8-17)21(28(27)22(18)30)20(23(31)32)15-9-11-16(12-10-15)29(34)35/h4-12,18,20H,13-14H2,1-3H3,(H,26,33)(H,31,32)/t18-,20?/m0/s1. The number of hydrogen-bond acceptors (Lipinski definition) is 9. The van der Waals surface area contributed by atoms with Crippen LogP contribution in [0.1, 0.15) is 32.3 Å². The number of fused-ring (bicyclic) bond motifs is 1. The number of nitro benzene ring substituents is 1. The van der Waals surface area contributed by atoms with E-state index in [4.69, 9.17) is 4.74 Å². The van der Waals surface area contributed by atoms with Crippen LogP contribution < -0.4 is 5.32 Å². The molecule has 1 fully saturated rings. The predicted octanol–water partition coefficient (Wildman–Crippen LogP) is 2.41. The van der Waals surface area contributed by atoms with E-state index in [1.165, 1.54) is 41.4 Å². The molecular formula is C25H26N4O9S. The summed E-state index contributed by atoms with van der Waals surface area (Å²) in [4.78, 5) is 48.5. The van der Waals surface area contributed by atoms with Crippen LogP contribution in [0.4, 0.5) is 10.5 Å². The zero-order valence-corrected chi connectivity index (χ0v) is 22.0. The van der Waals surface area contributed by atoms with Gasteiger partial charge in [-0.25, -0.2) is 23.2 Å². The molecule has 0 aromatic heterocycles. The first-order valence-electron chi connectivity index (χ1n) is 11.8. The number of nitrogens with zero attached hydrogens (tertiary/aromatic N) is 3. The van der Waals surface area contributed by atoms with Crippen LogP contribution >= 0.6 is 0 Å². The number of carbonyl (C=O) groups is 3. The van der Waals surface area contributed by atoms with Crippen molar-refractivity contribution in [1.29, 1.82) is 0 Å².